The minimum atomic E-state index is -0.415. The topological polar surface area (TPSA) is 49.8 Å². The monoisotopic (exact) mass is 252 g/mol. The van der Waals surface area contributed by atoms with E-state index in [0.717, 1.165) is 5.52 Å². The predicted molar refractivity (Wildman–Crippen MR) is 68.7 cm³/mol. The predicted octanol–water partition coefficient (Wildman–Crippen LogP) is 3.70. The van der Waals surface area contributed by atoms with Crippen LogP contribution in [0.5, 0.6) is 0 Å². The van der Waals surface area contributed by atoms with E-state index in [4.69, 9.17) is 9.68 Å². The molecule has 0 aliphatic carbocycles. The highest BCUT2D eigenvalue weighted by Crippen LogP contribution is 2.25. The second kappa shape index (κ2) is 4.54. The van der Waals surface area contributed by atoms with Crippen LogP contribution in [0.4, 0.5) is 4.39 Å². The zero-order valence-electron chi connectivity index (χ0n) is 9.93. The first-order chi connectivity index (χ1) is 9.28. The Labute approximate surface area is 108 Å². The summed E-state index contributed by atoms with van der Waals surface area (Å²) in [6, 6.07) is 13.9. The molecule has 0 fully saturated rings. The van der Waals surface area contributed by atoms with E-state index in [9.17, 15) is 4.39 Å². The molecule has 0 atom stereocenters. The van der Waals surface area contributed by atoms with Crippen molar-refractivity contribution in [2.24, 2.45) is 0 Å². The Hall–Kier alpha value is -2.67. The van der Waals surface area contributed by atoms with Crippen LogP contribution in [-0.4, -0.2) is 4.98 Å². The Kier molecular flexibility index (Phi) is 2.73. The normalized spacial score (nSPS) is 10.5. The smallest absolute Gasteiger partial charge is 0.227 e. The Bertz CT molecular complexity index is 753. The van der Waals surface area contributed by atoms with Crippen LogP contribution in [-0.2, 0) is 6.42 Å². The molecule has 3 nitrogen and oxygen atoms in total. The molecule has 2 aromatic carbocycles. The molecule has 0 saturated carbocycles. The van der Waals surface area contributed by atoms with Gasteiger partial charge in [-0.15, -0.1) is 0 Å². The fourth-order valence-electron chi connectivity index (χ4n) is 1.90. The van der Waals surface area contributed by atoms with Gasteiger partial charge in [-0.2, -0.15) is 5.26 Å². The van der Waals surface area contributed by atoms with Crippen LogP contribution in [0.2, 0.25) is 0 Å². The number of nitrogens with zero attached hydrogens (tertiary/aromatic N) is 2. The molecule has 0 saturated heterocycles. The highest BCUT2D eigenvalue weighted by Gasteiger charge is 2.10. The maximum atomic E-state index is 13.8. The number of nitriles is 1. The van der Waals surface area contributed by atoms with Gasteiger partial charge in [-0.05, 0) is 24.3 Å². The van der Waals surface area contributed by atoms with Gasteiger partial charge in [0.25, 0.3) is 0 Å². The Morgan fingerprint density at radius 1 is 1.21 bits per heavy atom. The van der Waals surface area contributed by atoms with Crippen LogP contribution in [0.25, 0.3) is 22.6 Å². The average Bonchev–Trinajstić information content (AvgIpc) is 2.85. The van der Waals surface area contributed by atoms with E-state index in [-0.39, 0.29) is 6.42 Å². The van der Waals surface area contributed by atoms with Crippen molar-refractivity contribution < 1.29 is 8.81 Å². The zero-order valence-corrected chi connectivity index (χ0v) is 9.93. The fraction of sp³-hybridized carbons (Fsp3) is 0.0667. The molecule has 1 aromatic heterocycles. The number of fused-ring (bicyclic) bond motifs is 1. The summed E-state index contributed by atoms with van der Waals surface area (Å²) in [5, 5.41) is 8.58. The summed E-state index contributed by atoms with van der Waals surface area (Å²) in [5.74, 6) is -0.0371. The van der Waals surface area contributed by atoms with E-state index < -0.39 is 5.82 Å². The Morgan fingerprint density at radius 3 is 2.79 bits per heavy atom. The largest absolute Gasteiger partial charge is 0.436 e. The van der Waals surface area contributed by atoms with E-state index in [1.165, 1.54) is 6.07 Å². The zero-order chi connectivity index (χ0) is 13.2. The molecule has 0 radical (unpaired) electrons. The summed E-state index contributed by atoms with van der Waals surface area (Å²) in [6.07, 6.45) is 0.0552. The lowest BCUT2D eigenvalue weighted by atomic mass is 10.1. The van der Waals surface area contributed by atoms with Gasteiger partial charge in [0.1, 0.15) is 11.3 Å². The number of halogens is 1. The van der Waals surface area contributed by atoms with Gasteiger partial charge in [-0.25, -0.2) is 9.37 Å². The van der Waals surface area contributed by atoms with Crippen molar-refractivity contribution in [2.75, 3.05) is 0 Å². The highest BCUT2D eigenvalue weighted by molar-refractivity contribution is 5.75. The summed E-state index contributed by atoms with van der Waals surface area (Å²) in [7, 11) is 0. The van der Waals surface area contributed by atoms with Gasteiger partial charge in [-0.1, -0.05) is 18.2 Å². The molecule has 92 valence electrons. The maximum absolute atomic E-state index is 13.8. The molecule has 0 spiro atoms. The van der Waals surface area contributed by atoms with Crippen LogP contribution in [0, 0.1) is 17.1 Å². The third-order valence-corrected chi connectivity index (χ3v) is 2.86. The summed E-state index contributed by atoms with van der Waals surface area (Å²) in [5.41, 5.74) is 2.34. The molecule has 3 rings (SSSR count). The third-order valence-electron chi connectivity index (χ3n) is 2.86. The van der Waals surface area contributed by atoms with E-state index in [0.29, 0.717) is 22.6 Å². The van der Waals surface area contributed by atoms with Crippen molar-refractivity contribution in [3.63, 3.8) is 0 Å². The van der Waals surface area contributed by atoms with E-state index >= 15 is 0 Å². The van der Waals surface area contributed by atoms with Gasteiger partial charge in [-0.3, -0.25) is 0 Å². The first kappa shape index (κ1) is 11.4. The molecule has 19 heavy (non-hydrogen) atoms. The standard InChI is InChI=1S/C15H9FN2O/c16-12-9-11(6-5-10(12)7-8-17)15-18-13-3-1-2-4-14(13)19-15/h1-6,9H,7H2. The Morgan fingerprint density at radius 2 is 2.05 bits per heavy atom. The summed E-state index contributed by atoms with van der Waals surface area (Å²) in [4.78, 5) is 4.30. The number of hydrogen-bond acceptors (Lipinski definition) is 3. The van der Waals surface area contributed by atoms with Gasteiger partial charge in [0.05, 0.1) is 12.5 Å². The molecule has 0 N–H and O–H groups in total. The van der Waals surface area contributed by atoms with Crippen molar-refractivity contribution >= 4 is 11.1 Å². The number of rotatable bonds is 2. The van der Waals surface area contributed by atoms with Crippen molar-refractivity contribution in [1.29, 1.82) is 5.26 Å². The quantitative estimate of drug-likeness (QED) is 0.698. The van der Waals surface area contributed by atoms with Crippen molar-refractivity contribution in [1.82, 2.24) is 4.98 Å². The molecule has 1 heterocycles. The van der Waals surface area contributed by atoms with Crippen molar-refractivity contribution in [2.45, 2.75) is 6.42 Å². The van der Waals surface area contributed by atoms with E-state index in [1.54, 1.807) is 12.1 Å². The minimum Gasteiger partial charge on any atom is -0.436 e. The van der Waals surface area contributed by atoms with Crippen LogP contribution < -0.4 is 0 Å². The average molecular weight is 252 g/mol. The Balaban J connectivity index is 2.06. The van der Waals surface area contributed by atoms with Gasteiger partial charge >= 0.3 is 0 Å². The summed E-state index contributed by atoms with van der Waals surface area (Å²) < 4.78 is 19.3. The molecule has 0 amide bonds. The summed E-state index contributed by atoms with van der Waals surface area (Å²) in [6.45, 7) is 0. The molecule has 4 heteroatoms. The van der Waals surface area contributed by atoms with Crippen molar-refractivity contribution in [3.8, 4) is 17.5 Å². The number of oxazole rings is 1. The molecule has 0 bridgehead atoms. The van der Waals surface area contributed by atoms with Crippen LogP contribution in [0.1, 0.15) is 5.56 Å². The highest BCUT2D eigenvalue weighted by atomic mass is 19.1. The van der Waals surface area contributed by atoms with Crippen LogP contribution in [0.15, 0.2) is 46.9 Å². The van der Waals surface area contributed by atoms with Gasteiger partial charge in [0.15, 0.2) is 5.58 Å². The van der Waals surface area contributed by atoms with Gasteiger partial charge in [0, 0.05) is 11.1 Å². The van der Waals surface area contributed by atoms with Crippen LogP contribution in [0.3, 0.4) is 0 Å². The second-order valence-corrected chi connectivity index (χ2v) is 4.13. The summed E-state index contributed by atoms with van der Waals surface area (Å²) >= 11 is 0. The fourth-order valence-corrected chi connectivity index (χ4v) is 1.90. The third kappa shape index (κ3) is 2.06. The minimum absolute atomic E-state index is 0.0552. The number of benzene rings is 2. The van der Waals surface area contributed by atoms with Crippen LogP contribution >= 0.6 is 0 Å². The molecule has 3 aromatic rings. The first-order valence-corrected chi connectivity index (χ1v) is 5.79. The first-order valence-electron chi connectivity index (χ1n) is 5.79. The lowest BCUT2D eigenvalue weighted by Gasteiger charge is -2.00. The van der Waals surface area contributed by atoms with Gasteiger partial charge < -0.3 is 4.42 Å². The lowest BCUT2D eigenvalue weighted by molar-refractivity contribution is 0.605. The van der Waals surface area contributed by atoms with E-state index in [1.807, 2.05) is 30.3 Å². The lowest BCUT2D eigenvalue weighted by Crippen LogP contribution is -1.89. The van der Waals surface area contributed by atoms with Crippen molar-refractivity contribution in [3.05, 3.63) is 53.8 Å². The van der Waals surface area contributed by atoms with E-state index in [2.05, 4.69) is 4.98 Å². The SMILES string of the molecule is N#CCc1ccc(-c2nc3ccccc3o2)cc1F. The molecule has 0 unspecified atom stereocenters. The molecular weight excluding hydrogens is 243 g/mol. The second-order valence-electron chi connectivity index (χ2n) is 4.13. The molecule has 0 aliphatic rings. The maximum Gasteiger partial charge on any atom is 0.227 e. The number of aromatic nitrogens is 1. The molecule has 0 aliphatic heterocycles. The van der Waals surface area contributed by atoms with Gasteiger partial charge in [0.2, 0.25) is 5.89 Å². The number of hydrogen-bond donors (Lipinski definition) is 0. The molecular formula is C15H9FN2O. The number of para-hydroxylation sites is 2.